The van der Waals surface area contributed by atoms with Crippen molar-refractivity contribution in [1.29, 1.82) is 0 Å². The molecule has 4 aromatic heterocycles. The van der Waals surface area contributed by atoms with Crippen molar-refractivity contribution in [1.82, 2.24) is 29.9 Å². The second-order valence-corrected chi connectivity index (χ2v) is 6.20. The molecule has 0 amide bonds. The van der Waals surface area contributed by atoms with Gasteiger partial charge in [-0.1, -0.05) is 12.1 Å². The van der Waals surface area contributed by atoms with Gasteiger partial charge in [0.05, 0.1) is 12.0 Å². The third kappa shape index (κ3) is 2.56. The average Bonchev–Trinajstić information content (AvgIpc) is 3.19. The quantitative estimate of drug-likeness (QED) is 0.509. The van der Waals surface area contributed by atoms with E-state index in [2.05, 4.69) is 54.3 Å². The lowest BCUT2D eigenvalue weighted by Crippen LogP contribution is -2.00. The molecule has 0 aliphatic heterocycles. The van der Waals surface area contributed by atoms with Crippen molar-refractivity contribution in [3.63, 3.8) is 0 Å². The number of nitrogens with zero attached hydrogens (tertiary/aromatic N) is 5. The molecule has 27 heavy (non-hydrogen) atoms. The minimum Gasteiger partial charge on any atom is -0.339 e. The number of H-pyrrole nitrogens is 1. The Bertz CT molecular complexity index is 1280. The monoisotopic (exact) mass is 353 g/mol. The number of aromatic amines is 1. The number of imidazole rings is 1. The molecule has 0 radical (unpaired) electrons. The van der Waals surface area contributed by atoms with E-state index in [0.29, 0.717) is 17.0 Å². The molecule has 130 valence electrons. The number of anilines is 2. The van der Waals surface area contributed by atoms with Gasteiger partial charge in [-0.15, -0.1) is 0 Å². The van der Waals surface area contributed by atoms with Crippen LogP contribution in [0.5, 0.6) is 0 Å². The Morgan fingerprint density at radius 2 is 1.93 bits per heavy atom. The fourth-order valence-corrected chi connectivity index (χ4v) is 3.22. The van der Waals surface area contributed by atoms with Gasteiger partial charge in [-0.05, 0) is 30.7 Å². The van der Waals surface area contributed by atoms with Gasteiger partial charge < -0.3 is 10.3 Å². The molecular weight excluding hydrogens is 338 g/mol. The summed E-state index contributed by atoms with van der Waals surface area (Å²) in [5.41, 5.74) is 5.13. The van der Waals surface area contributed by atoms with Crippen molar-refractivity contribution in [3.05, 3.63) is 67.1 Å². The lowest BCUT2D eigenvalue weighted by molar-refractivity contribution is 1.19. The van der Waals surface area contributed by atoms with E-state index in [1.165, 1.54) is 6.33 Å². The Balaban J connectivity index is 1.69. The smallest absolute Gasteiger partial charge is 0.161 e. The van der Waals surface area contributed by atoms with Crippen molar-refractivity contribution < 1.29 is 0 Å². The Labute approximate surface area is 154 Å². The first kappa shape index (κ1) is 15.4. The third-order valence-corrected chi connectivity index (χ3v) is 4.55. The molecule has 0 aliphatic rings. The first-order valence-corrected chi connectivity index (χ1v) is 8.51. The number of nitrogens with one attached hydrogen (secondary N) is 2. The highest BCUT2D eigenvalue weighted by Crippen LogP contribution is 2.34. The van der Waals surface area contributed by atoms with E-state index >= 15 is 0 Å². The Hall–Kier alpha value is -3.87. The van der Waals surface area contributed by atoms with E-state index in [1.54, 1.807) is 18.7 Å². The third-order valence-electron chi connectivity index (χ3n) is 4.55. The summed E-state index contributed by atoms with van der Waals surface area (Å²) in [4.78, 5) is 24.8. The molecule has 5 aromatic rings. The van der Waals surface area contributed by atoms with E-state index in [1.807, 2.05) is 24.4 Å². The molecule has 0 bridgehead atoms. The molecule has 0 unspecified atom stereocenters. The average molecular weight is 353 g/mol. The van der Waals surface area contributed by atoms with Gasteiger partial charge >= 0.3 is 0 Å². The van der Waals surface area contributed by atoms with Gasteiger partial charge in [0.15, 0.2) is 5.65 Å². The first-order valence-electron chi connectivity index (χ1n) is 8.51. The van der Waals surface area contributed by atoms with Crippen LogP contribution in [0.2, 0.25) is 0 Å². The summed E-state index contributed by atoms with van der Waals surface area (Å²) < 4.78 is 0. The van der Waals surface area contributed by atoms with Gasteiger partial charge in [-0.3, -0.25) is 4.98 Å². The van der Waals surface area contributed by atoms with Crippen LogP contribution in [-0.2, 0) is 0 Å². The van der Waals surface area contributed by atoms with Crippen molar-refractivity contribution in [3.8, 4) is 11.3 Å². The zero-order chi connectivity index (χ0) is 18.2. The van der Waals surface area contributed by atoms with E-state index in [9.17, 15) is 0 Å². The second-order valence-electron chi connectivity index (χ2n) is 6.20. The number of aryl methyl sites for hydroxylation is 1. The van der Waals surface area contributed by atoms with Crippen molar-refractivity contribution in [2.45, 2.75) is 6.92 Å². The van der Waals surface area contributed by atoms with Crippen LogP contribution in [-0.4, -0.2) is 29.9 Å². The maximum Gasteiger partial charge on any atom is 0.161 e. The molecule has 0 fully saturated rings. The van der Waals surface area contributed by atoms with E-state index in [0.717, 1.165) is 33.3 Å². The topological polar surface area (TPSA) is 92.3 Å². The molecule has 5 rings (SSSR count). The van der Waals surface area contributed by atoms with Gasteiger partial charge in [0.1, 0.15) is 23.4 Å². The van der Waals surface area contributed by atoms with Gasteiger partial charge in [0.25, 0.3) is 0 Å². The van der Waals surface area contributed by atoms with Crippen LogP contribution in [0.1, 0.15) is 5.56 Å². The Kier molecular flexibility index (Phi) is 3.50. The Morgan fingerprint density at radius 3 is 2.89 bits per heavy atom. The summed E-state index contributed by atoms with van der Waals surface area (Å²) in [5, 5.41) is 5.66. The summed E-state index contributed by atoms with van der Waals surface area (Å²) in [5.74, 6) is 0.716. The fraction of sp³-hybridized carbons (Fsp3) is 0.0500. The number of pyridine rings is 2. The van der Waals surface area contributed by atoms with E-state index in [4.69, 9.17) is 0 Å². The maximum absolute atomic E-state index is 4.56. The highest BCUT2D eigenvalue weighted by Gasteiger charge is 2.15. The van der Waals surface area contributed by atoms with Gasteiger partial charge in [-0.2, -0.15) is 0 Å². The SMILES string of the molecule is Cc1ccc2cnccc2c1Nc1ncccc1-c1ncnc2[nH]cnc12. The highest BCUT2D eigenvalue weighted by atomic mass is 15.0. The molecule has 4 heterocycles. The molecule has 2 N–H and O–H groups in total. The molecule has 0 saturated carbocycles. The number of hydrogen-bond acceptors (Lipinski definition) is 6. The van der Waals surface area contributed by atoms with Gasteiger partial charge in [0, 0.05) is 34.9 Å². The predicted octanol–water partition coefficient (Wildman–Crippen LogP) is 4.02. The molecule has 0 aliphatic carbocycles. The summed E-state index contributed by atoms with van der Waals surface area (Å²) >= 11 is 0. The van der Waals surface area contributed by atoms with Crippen LogP contribution in [0, 0.1) is 6.92 Å². The number of aromatic nitrogens is 6. The predicted molar refractivity (Wildman–Crippen MR) is 105 cm³/mol. The van der Waals surface area contributed by atoms with E-state index in [-0.39, 0.29) is 0 Å². The minimum atomic E-state index is 0.696. The molecule has 0 saturated heterocycles. The van der Waals surface area contributed by atoms with Crippen molar-refractivity contribution >= 4 is 33.4 Å². The zero-order valence-electron chi connectivity index (χ0n) is 14.5. The van der Waals surface area contributed by atoms with Crippen LogP contribution in [0.15, 0.2) is 61.6 Å². The zero-order valence-corrected chi connectivity index (χ0v) is 14.5. The first-order chi connectivity index (χ1) is 13.3. The normalized spacial score (nSPS) is 11.1. The molecular formula is C20H15N7. The number of fused-ring (bicyclic) bond motifs is 2. The molecule has 0 atom stereocenters. The van der Waals surface area contributed by atoms with Crippen LogP contribution < -0.4 is 5.32 Å². The number of hydrogen-bond donors (Lipinski definition) is 2. The largest absolute Gasteiger partial charge is 0.339 e. The fourth-order valence-electron chi connectivity index (χ4n) is 3.22. The number of benzene rings is 1. The van der Waals surface area contributed by atoms with Crippen LogP contribution >= 0.6 is 0 Å². The molecule has 7 nitrogen and oxygen atoms in total. The van der Waals surface area contributed by atoms with Crippen LogP contribution in [0.25, 0.3) is 33.2 Å². The standard InChI is InChI=1S/C20H15N7/c1-12-4-5-13-9-21-8-6-14(13)16(12)27-19-15(3-2-7-22-19)17-18-20(25-10-23-17)26-11-24-18/h2-11H,1H3,(H,22,27)(H,23,24,25,26). The van der Waals surface area contributed by atoms with Crippen molar-refractivity contribution in [2.75, 3.05) is 5.32 Å². The summed E-state index contributed by atoms with van der Waals surface area (Å²) in [6.07, 6.45) is 8.56. The molecule has 7 heteroatoms. The molecule has 0 spiro atoms. The Morgan fingerprint density at radius 1 is 0.963 bits per heavy atom. The minimum absolute atomic E-state index is 0.696. The summed E-state index contributed by atoms with van der Waals surface area (Å²) in [7, 11) is 0. The van der Waals surface area contributed by atoms with Crippen molar-refractivity contribution in [2.24, 2.45) is 0 Å². The molecule has 1 aromatic carbocycles. The van der Waals surface area contributed by atoms with Crippen LogP contribution in [0.4, 0.5) is 11.5 Å². The number of rotatable bonds is 3. The highest BCUT2D eigenvalue weighted by molar-refractivity contribution is 5.98. The summed E-state index contributed by atoms with van der Waals surface area (Å²) in [6.45, 7) is 2.07. The lowest BCUT2D eigenvalue weighted by atomic mass is 10.1. The van der Waals surface area contributed by atoms with Crippen LogP contribution in [0.3, 0.4) is 0 Å². The van der Waals surface area contributed by atoms with Gasteiger partial charge in [0.2, 0.25) is 0 Å². The van der Waals surface area contributed by atoms with E-state index < -0.39 is 0 Å². The summed E-state index contributed by atoms with van der Waals surface area (Å²) in [6, 6.07) is 10.0. The van der Waals surface area contributed by atoms with Gasteiger partial charge in [-0.25, -0.2) is 19.9 Å². The second kappa shape index (κ2) is 6.14. The maximum atomic E-state index is 4.56. The lowest BCUT2D eigenvalue weighted by Gasteiger charge is -2.15.